The fraction of sp³-hybridized carbons (Fsp3) is 0.129. The highest BCUT2D eigenvalue weighted by molar-refractivity contribution is 6.05. The molecule has 1 aliphatic heterocycles. The van der Waals surface area contributed by atoms with Gasteiger partial charge in [0.25, 0.3) is 5.91 Å². The number of rotatable bonds is 6. The largest absolute Gasteiger partial charge is 0.367 e. The Hall–Kier alpha value is -4.75. The maximum atomic E-state index is 13.3. The summed E-state index contributed by atoms with van der Waals surface area (Å²) in [5.74, 6) is -0.248. The second-order valence-electron chi connectivity index (χ2n) is 9.22. The molecule has 1 aliphatic rings. The van der Waals surface area contributed by atoms with Crippen molar-refractivity contribution in [2.45, 2.75) is 0 Å². The van der Waals surface area contributed by atoms with Crippen LogP contribution in [-0.4, -0.2) is 46.7 Å². The first-order chi connectivity index (χ1) is 18.7. The fourth-order valence-electron chi connectivity index (χ4n) is 4.71. The maximum absolute atomic E-state index is 13.3. The van der Waals surface area contributed by atoms with E-state index in [1.165, 1.54) is 0 Å². The standard InChI is InChI=1S/C31H28N6O/c38-31(35-27-11-4-5-12-29(27)36-19-16-32-17-20-36)28-15-18-37-30(34-28)26(22-33-37)25-10-6-9-24(21-25)14-13-23-7-2-1-3-8-23/h1-15,18,21-22,32H,16-17,19-20H2,(H,35,38). The molecule has 7 nitrogen and oxygen atoms in total. The summed E-state index contributed by atoms with van der Waals surface area (Å²) < 4.78 is 1.70. The van der Waals surface area contributed by atoms with Gasteiger partial charge < -0.3 is 15.5 Å². The molecule has 5 aromatic rings. The number of aromatic nitrogens is 3. The zero-order valence-electron chi connectivity index (χ0n) is 20.9. The minimum atomic E-state index is -0.248. The molecule has 0 atom stereocenters. The summed E-state index contributed by atoms with van der Waals surface area (Å²) in [7, 11) is 0. The van der Waals surface area contributed by atoms with Crippen LogP contribution in [0.1, 0.15) is 21.6 Å². The number of anilines is 2. The van der Waals surface area contributed by atoms with Gasteiger partial charge in [0.15, 0.2) is 5.65 Å². The summed E-state index contributed by atoms with van der Waals surface area (Å²) in [5.41, 5.74) is 6.86. The third-order valence-electron chi connectivity index (χ3n) is 6.68. The molecule has 0 saturated carbocycles. The Morgan fingerprint density at radius 1 is 0.868 bits per heavy atom. The normalized spacial score (nSPS) is 13.7. The lowest BCUT2D eigenvalue weighted by Gasteiger charge is -2.31. The molecule has 1 fully saturated rings. The van der Waals surface area contributed by atoms with Crippen LogP contribution < -0.4 is 15.5 Å². The zero-order chi connectivity index (χ0) is 25.7. The van der Waals surface area contributed by atoms with Crippen LogP contribution in [0.4, 0.5) is 11.4 Å². The summed E-state index contributed by atoms with van der Waals surface area (Å²) in [6.07, 6.45) is 7.76. The van der Waals surface area contributed by atoms with Crippen molar-refractivity contribution in [2.24, 2.45) is 0 Å². The van der Waals surface area contributed by atoms with Gasteiger partial charge in [-0.2, -0.15) is 5.10 Å². The number of nitrogens with zero attached hydrogens (tertiary/aromatic N) is 4. The molecule has 6 rings (SSSR count). The lowest BCUT2D eigenvalue weighted by molar-refractivity contribution is 0.102. The Bertz CT molecular complexity index is 1600. The number of carbonyl (C=O) groups is 1. The van der Waals surface area contributed by atoms with Crippen LogP contribution >= 0.6 is 0 Å². The van der Waals surface area contributed by atoms with Crippen molar-refractivity contribution < 1.29 is 4.79 Å². The second kappa shape index (κ2) is 10.7. The topological polar surface area (TPSA) is 74.6 Å². The van der Waals surface area contributed by atoms with Crippen LogP contribution in [0.2, 0.25) is 0 Å². The predicted molar refractivity (Wildman–Crippen MR) is 153 cm³/mol. The van der Waals surface area contributed by atoms with E-state index in [4.69, 9.17) is 4.98 Å². The number of nitrogens with one attached hydrogen (secondary N) is 2. The highest BCUT2D eigenvalue weighted by atomic mass is 16.1. The van der Waals surface area contributed by atoms with E-state index in [1.807, 2.05) is 54.6 Å². The lowest BCUT2D eigenvalue weighted by atomic mass is 10.0. The van der Waals surface area contributed by atoms with E-state index in [1.54, 1.807) is 23.0 Å². The van der Waals surface area contributed by atoms with Crippen molar-refractivity contribution in [3.05, 3.63) is 114 Å². The Kier molecular flexibility index (Phi) is 6.66. The van der Waals surface area contributed by atoms with Crippen molar-refractivity contribution in [1.82, 2.24) is 19.9 Å². The summed E-state index contributed by atoms with van der Waals surface area (Å²) in [5, 5.41) is 10.9. The van der Waals surface area contributed by atoms with Crippen LogP contribution in [0, 0.1) is 0 Å². The van der Waals surface area contributed by atoms with Crippen LogP contribution in [0.15, 0.2) is 97.3 Å². The first kappa shape index (κ1) is 23.6. The van der Waals surface area contributed by atoms with Crippen LogP contribution in [0.25, 0.3) is 28.9 Å². The van der Waals surface area contributed by atoms with Crippen molar-refractivity contribution in [1.29, 1.82) is 0 Å². The van der Waals surface area contributed by atoms with E-state index in [2.05, 4.69) is 57.0 Å². The maximum Gasteiger partial charge on any atom is 0.274 e. The smallest absolute Gasteiger partial charge is 0.274 e. The molecule has 188 valence electrons. The van der Waals surface area contributed by atoms with E-state index in [9.17, 15) is 4.79 Å². The minimum Gasteiger partial charge on any atom is -0.367 e. The SMILES string of the molecule is O=C(Nc1ccccc1N1CCNCC1)c1ccn2ncc(-c3cccc(C=Cc4ccccc4)c3)c2n1. The van der Waals surface area contributed by atoms with Gasteiger partial charge in [-0.05, 0) is 41.0 Å². The molecule has 1 amide bonds. The van der Waals surface area contributed by atoms with Gasteiger partial charge in [0.05, 0.1) is 17.6 Å². The molecule has 0 aliphatic carbocycles. The Morgan fingerprint density at radius 3 is 2.50 bits per heavy atom. The van der Waals surface area contributed by atoms with Crippen molar-refractivity contribution in [3.63, 3.8) is 0 Å². The number of para-hydroxylation sites is 2. The molecule has 0 radical (unpaired) electrons. The Balaban J connectivity index is 1.27. The monoisotopic (exact) mass is 500 g/mol. The average Bonchev–Trinajstić information content (AvgIpc) is 3.41. The van der Waals surface area contributed by atoms with Crippen LogP contribution in [0.3, 0.4) is 0 Å². The summed E-state index contributed by atoms with van der Waals surface area (Å²) in [4.78, 5) is 20.3. The van der Waals surface area contributed by atoms with Gasteiger partial charge in [0.2, 0.25) is 0 Å². The van der Waals surface area contributed by atoms with E-state index < -0.39 is 0 Å². The molecule has 0 unspecified atom stereocenters. The van der Waals surface area contributed by atoms with Gasteiger partial charge in [-0.25, -0.2) is 9.50 Å². The number of piperazine rings is 1. The van der Waals surface area contributed by atoms with E-state index >= 15 is 0 Å². The quantitative estimate of drug-likeness (QED) is 0.313. The van der Waals surface area contributed by atoms with Crippen molar-refractivity contribution >= 4 is 35.1 Å². The summed E-state index contributed by atoms with van der Waals surface area (Å²) in [6, 6.07) is 28.1. The first-order valence-electron chi connectivity index (χ1n) is 12.8. The number of hydrogen-bond donors (Lipinski definition) is 2. The third kappa shape index (κ3) is 5.05. The molecule has 7 heteroatoms. The molecule has 38 heavy (non-hydrogen) atoms. The summed E-state index contributed by atoms with van der Waals surface area (Å²) in [6.45, 7) is 3.65. The molecular formula is C31H28N6O. The van der Waals surface area contributed by atoms with Gasteiger partial charge in [0.1, 0.15) is 5.69 Å². The van der Waals surface area contributed by atoms with Gasteiger partial charge in [-0.3, -0.25) is 4.79 Å². The third-order valence-corrected chi connectivity index (χ3v) is 6.68. The lowest BCUT2D eigenvalue weighted by Crippen LogP contribution is -2.43. The van der Waals surface area contributed by atoms with Gasteiger partial charge in [-0.1, -0.05) is 72.8 Å². The predicted octanol–water partition coefficient (Wildman–Crippen LogP) is 5.23. The molecule has 1 saturated heterocycles. The summed E-state index contributed by atoms with van der Waals surface area (Å²) >= 11 is 0. The number of amides is 1. The van der Waals surface area contributed by atoms with E-state index in [0.29, 0.717) is 11.3 Å². The van der Waals surface area contributed by atoms with Crippen molar-refractivity contribution in [2.75, 3.05) is 36.4 Å². The van der Waals surface area contributed by atoms with Gasteiger partial charge in [0, 0.05) is 37.9 Å². The number of benzene rings is 3. The molecule has 3 aromatic carbocycles. The Morgan fingerprint density at radius 2 is 1.63 bits per heavy atom. The molecule has 0 spiro atoms. The molecule has 2 aromatic heterocycles. The van der Waals surface area contributed by atoms with Crippen LogP contribution in [-0.2, 0) is 0 Å². The van der Waals surface area contributed by atoms with E-state index in [0.717, 1.165) is 59.8 Å². The number of carbonyl (C=O) groups excluding carboxylic acids is 1. The fourth-order valence-corrected chi connectivity index (χ4v) is 4.71. The van der Waals surface area contributed by atoms with E-state index in [-0.39, 0.29) is 5.91 Å². The second-order valence-corrected chi connectivity index (χ2v) is 9.22. The molecular weight excluding hydrogens is 472 g/mol. The average molecular weight is 501 g/mol. The molecule has 0 bridgehead atoms. The highest BCUT2D eigenvalue weighted by Crippen LogP contribution is 2.28. The number of fused-ring (bicyclic) bond motifs is 1. The Labute approximate surface area is 221 Å². The number of hydrogen-bond acceptors (Lipinski definition) is 5. The highest BCUT2D eigenvalue weighted by Gasteiger charge is 2.18. The van der Waals surface area contributed by atoms with Crippen LogP contribution in [0.5, 0.6) is 0 Å². The van der Waals surface area contributed by atoms with Crippen molar-refractivity contribution in [3.8, 4) is 11.1 Å². The minimum absolute atomic E-state index is 0.248. The van der Waals surface area contributed by atoms with Gasteiger partial charge >= 0.3 is 0 Å². The molecule has 3 heterocycles. The first-order valence-corrected chi connectivity index (χ1v) is 12.8. The zero-order valence-corrected chi connectivity index (χ0v) is 20.9. The van der Waals surface area contributed by atoms with Gasteiger partial charge in [-0.15, -0.1) is 0 Å². The molecule has 2 N–H and O–H groups in total.